The van der Waals surface area contributed by atoms with E-state index in [0.717, 1.165) is 11.4 Å². The number of nitrogens with one attached hydrogen (secondary N) is 2. The second-order valence-corrected chi connectivity index (χ2v) is 7.98. The fourth-order valence-corrected chi connectivity index (χ4v) is 3.35. The summed E-state index contributed by atoms with van der Waals surface area (Å²) in [6, 6.07) is 15.9. The number of methoxy groups -OCH3 is 1. The molecular formula is C19H20N4O3S. The Morgan fingerprint density at radius 2 is 1.56 bits per heavy atom. The fourth-order valence-electron chi connectivity index (χ4n) is 2.42. The van der Waals surface area contributed by atoms with Gasteiger partial charge >= 0.3 is 0 Å². The molecule has 7 nitrogen and oxygen atoms in total. The molecule has 2 aromatic carbocycles. The molecule has 0 saturated heterocycles. The summed E-state index contributed by atoms with van der Waals surface area (Å²) in [4.78, 5) is 8.67. The standard InChI is InChI=1S/C19H20N4O3S/c1-3-27(24,25)17-9-5-7-15(11-17)23-19-12-18(20-13-21-19)22-14-6-4-8-16(10-14)26-2/h4-13H,3H2,1-2H3,(H2,20,21,22,23). The van der Waals surface area contributed by atoms with E-state index in [-0.39, 0.29) is 10.6 Å². The topological polar surface area (TPSA) is 93.2 Å². The summed E-state index contributed by atoms with van der Waals surface area (Å²) >= 11 is 0. The molecular weight excluding hydrogens is 364 g/mol. The summed E-state index contributed by atoms with van der Waals surface area (Å²) in [5.74, 6) is 1.93. The van der Waals surface area contributed by atoms with Crippen molar-refractivity contribution in [2.45, 2.75) is 11.8 Å². The summed E-state index contributed by atoms with van der Waals surface area (Å²) in [5, 5.41) is 6.29. The van der Waals surface area contributed by atoms with Gasteiger partial charge in [-0.3, -0.25) is 0 Å². The molecule has 0 aliphatic heterocycles. The minimum absolute atomic E-state index is 0.0541. The first-order valence-corrected chi connectivity index (χ1v) is 9.98. The highest BCUT2D eigenvalue weighted by Crippen LogP contribution is 2.23. The van der Waals surface area contributed by atoms with Crippen molar-refractivity contribution in [3.05, 3.63) is 60.9 Å². The molecule has 0 fully saturated rings. The van der Waals surface area contributed by atoms with Crippen LogP contribution >= 0.6 is 0 Å². The molecule has 140 valence electrons. The molecule has 0 spiro atoms. The average molecular weight is 384 g/mol. The van der Waals surface area contributed by atoms with Crippen LogP contribution in [0.5, 0.6) is 5.75 Å². The number of aromatic nitrogens is 2. The molecule has 8 heteroatoms. The van der Waals surface area contributed by atoms with Gasteiger partial charge in [-0.05, 0) is 30.3 Å². The molecule has 0 atom stereocenters. The van der Waals surface area contributed by atoms with E-state index in [4.69, 9.17) is 4.74 Å². The van der Waals surface area contributed by atoms with Gasteiger partial charge in [0.25, 0.3) is 0 Å². The van der Waals surface area contributed by atoms with Crippen LogP contribution in [0, 0.1) is 0 Å². The highest BCUT2D eigenvalue weighted by atomic mass is 32.2. The fraction of sp³-hybridized carbons (Fsp3) is 0.158. The number of benzene rings is 2. The lowest BCUT2D eigenvalue weighted by molar-refractivity contribution is 0.415. The Labute approximate surface area is 158 Å². The van der Waals surface area contributed by atoms with Crippen molar-refractivity contribution >= 4 is 32.8 Å². The highest BCUT2D eigenvalue weighted by Gasteiger charge is 2.12. The molecule has 0 amide bonds. The molecule has 3 rings (SSSR count). The van der Waals surface area contributed by atoms with Gasteiger partial charge in [-0.2, -0.15) is 0 Å². The van der Waals surface area contributed by atoms with E-state index in [1.807, 2.05) is 24.3 Å². The summed E-state index contributed by atoms with van der Waals surface area (Å²) in [5.41, 5.74) is 1.46. The molecule has 0 saturated carbocycles. The van der Waals surface area contributed by atoms with Gasteiger partial charge in [-0.15, -0.1) is 0 Å². The maximum atomic E-state index is 12.0. The van der Waals surface area contributed by atoms with E-state index in [1.165, 1.54) is 6.33 Å². The van der Waals surface area contributed by atoms with Crippen LogP contribution in [0.25, 0.3) is 0 Å². The maximum Gasteiger partial charge on any atom is 0.178 e. The third-order valence-electron chi connectivity index (χ3n) is 3.85. The normalized spacial score (nSPS) is 11.0. The Bertz CT molecular complexity index is 1040. The van der Waals surface area contributed by atoms with Crippen molar-refractivity contribution in [2.75, 3.05) is 23.5 Å². The molecule has 0 radical (unpaired) electrons. The number of anilines is 4. The maximum absolute atomic E-state index is 12.0. The molecule has 27 heavy (non-hydrogen) atoms. The first kappa shape index (κ1) is 18.7. The number of sulfone groups is 1. The van der Waals surface area contributed by atoms with Gasteiger partial charge < -0.3 is 15.4 Å². The number of ether oxygens (including phenoxy) is 1. The van der Waals surface area contributed by atoms with E-state index in [2.05, 4.69) is 20.6 Å². The van der Waals surface area contributed by atoms with Crippen molar-refractivity contribution in [1.82, 2.24) is 9.97 Å². The third kappa shape index (κ3) is 4.73. The van der Waals surface area contributed by atoms with Crippen molar-refractivity contribution in [2.24, 2.45) is 0 Å². The first-order chi connectivity index (χ1) is 13.0. The molecule has 0 aliphatic carbocycles. The zero-order valence-electron chi connectivity index (χ0n) is 15.0. The van der Waals surface area contributed by atoms with E-state index < -0.39 is 9.84 Å². The second kappa shape index (κ2) is 8.05. The van der Waals surface area contributed by atoms with Gasteiger partial charge in [0.2, 0.25) is 0 Å². The van der Waals surface area contributed by atoms with Crippen molar-refractivity contribution in [3.63, 3.8) is 0 Å². The Balaban J connectivity index is 1.79. The van der Waals surface area contributed by atoms with Crippen LogP contribution in [0.4, 0.5) is 23.0 Å². The van der Waals surface area contributed by atoms with Gasteiger partial charge in [0.1, 0.15) is 23.7 Å². The number of hydrogen-bond acceptors (Lipinski definition) is 7. The number of nitrogens with zero attached hydrogens (tertiary/aromatic N) is 2. The predicted octanol–water partition coefficient (Wildman–Crippen LogP) is 3.77. The molecule has 0 bridgehead atoms. The Morgan fingerprint density at radius 1 is 0.926 bits per heavy atom. The minimum atomic E-state index is -3.27. The number of rotatable bonds is 7. The van der Waals surface area contributed by atoms with Crippen molar-refractivity contribution in [3.8, 4) is 5.75 Å². The molecule has 1 heterocycles. The first-order valence-electron chi connectivity index (χ1n) is 8.33. The van der Waals surface area contributed by atoms with Crippen LogP contribution in [0.15, 0.2) is 65.8 Å². The number of hydrogen-bond donors (Lipinski definition) is 2. The van der Waals surface area contributed by atoms with Crippen LogP contribution in [-0.4, -0.2) is 31.2 Å². The van der Waals surface area contributed by atoms with Gasteiger partial charge in [0, 0.05) is 23.5 Å². The van der Waals surface area contributed by atoms with Gasteiger partial charge in [0.15, 0.2) is 9.84 Å². The summed E-state index contributed by atoms with van der Waals surface area (Å²) in [7, 11) is -1.66. The Kier molecular flexibility index (Phi) is 5.56. The van der Waals surface area contributed by atoms with Gasteiger partial charge in [-0.1, -0.05) is 19.1 Å². The molecule has 0 unspecified atom stereocenters. The van der Waals surface area contributed by atoms with Crippen molar-refractivity contribution < 1.29 is 13.2 Å². The van der Waals surface area contributed by atoms with Crippen LogP contribution in [0.1, 0.15) is 6.92 Å². The molecule has 2 N–H and O–H groups in total. The highest BCUT2D eigenvalue weighted by molar-refractivity contribution is 7.91. The van der Waals surface area contributed by atoms with Gasteiger partial charge in [0.05, 0.1) is 17.8 Å². The minimum Gasteiger partial charge on any atom is -0.497 e. The zero-order valence-corrected chi connectivity index (χ0v) is 15.8. The van der Waals surface area contributed by atoms with Crippen LogP contribution in [-0.2, 0) is 9.84 Å². The zero-order chi connectivity index (χ0) is 19.3. The Morgan fingerprint density at radius 3 is 2.19 bits per heavy atom. The molecule has 0 aliphatic rings. The second-order valence-electron chi connectivity index (χ2n) is 5.70. The lowest BCUT2D eigenvalue weighted by Gasteiger charge is -2.10. The third-order valence-corrected chi connectivity index (χ3v) is 5.59. The summed E-state index contributed by atoms with van der Waals surface area (Å²) in [6.45, 7) is 1.62. The van der Waals surface area contributed by atoms with Gasteiger partial charge in [-0.25, -0.2) is 18.4 Å². The van der Waals surface area contributed by atoms with Crippen LogP contribution < -0.4 is 15.4 Å². The SMILES string of the molecule is CCS(=O)(=O)c1cccc(Nc2cc(Nc3cccc(OC)c3)ncn2)c1. The van der Waals surface area contributed by atoms with Crippen molar-refractivity contribution in [1.29, 1.82) is 0 Å². The lowest BCUT2D eigenvalue weighted by atomic mass is 10.3. The van der Waals surface area contributed by atoms with Crippen LogP contribution in [0.3, 0.4) is 0 Å². The monoisotopic (exact) mass is 384 g/mol. The van der Waals surface area contributed by atoms with E-state index in [0.29, 0.717) is 17.3 Å². The molecule has 1 aromatic heterocycles. The van der Waals surface area contributed by atoms with E-state index in [1.54, 1.807) is 44.4 Å². The van der Waals surface area contributed by atoms with E-state index >= 15 is 0 Å². The molecule has 3 aromatic rings. The predicted molar refractivity (Wildman–Crippen MR) is 106 cm³/mol. The quantitative estimate of drug-likeness (QED) is 0.640. The summed E-state index contributed by atoms with van der Waals surface area (Å²) in [6.07, 6.45) is 1.43. The lowest BCUT2D eigenvalue weighted by Crippen LogP contribution is -2.04. The summed E-state index contributed by atoms with van der Waals surface area (Å²) < 4.78 is 29.3. The van der Waals surface area contributed by atoms with E-state index in [9.17, 15) is 8.42 Å². The largest absolute Gasteiger partial charge is 0.497 e. The van der Waals surface area contributed by atoms with Crippen LogP contribution in [0.2, 0.25) is 0 Å². The average Bonchev–Trinajstić information content (AvgIpc) is 2.68. The Hall–Kier alpha value is -3.13. The smallest absolute Gasteiger partial charge is 0.178 e.